The molecule has 0 aromatic heterocycles. The van der Waals surface area contributed by atoms with Crippen LogP contribution in [0.25, 0.3) is 22.3 Å². The van der Waals surface area contributed by atoms with Gasteiger partial charge in [-0.3, -0.25) is 0 Å². The SMILES string of the molecule is CCCCCC1CCC(c2ccc(-c3ccc(-c4ccc(O)c(F)c4F)cc3)cc2F)CO1. The van der Waals surface area contributed by atoms with Crippen LogP contribution >= 0.6 is 0 Å². The molecule has 0 spiro atoms. The van der Waals surface area contributed by atoms with Gasteiger partial charge in [-0.2, -0.15) is 4.39 Å². The minimum Gasteiger partial charge on any atom is -0.505 e. The van der Waals surface area contributed by atoms with Crippen molar-refractivity contribution in [2.24, 2.45) is 0 Å². The van der Waals surface area contributed by atoms with Crippen molar-refractivity contribution in [3.8, 4) is 28.0 Å². The molecule has 33 heavy (non-hydrogen) atoms. The van der Waals surface area contributed by atoms with E-state index in [4.69, 9.17) is 4.74 Å². The summed E-state index contributed by atoms with van der Waals surface area (Å²) < 4.78 is 48.8. The molecule has 2 unspecified atom stereocenters. The molecule has 0 amide bonds. The number of rotatable bonds is 7. The first-order valence-electron chi connectivity index (χ1n) is 11.7. The standard InChI is InChI=1S/C28H29F3O2/c1-2-3-4-5-22-12-10-21(17-33-22)23-13-11-20(16-25(23)29)18-6-8-19(9-7-18)24-14-15-26(32)28(31)27(24)30/h6-9,11,13-16,21-22,32H,2-5,10,12,17H2,1H3. The third-order valence-electron chi connectivity index (χ3n) is 6.53. The van der Waals surface area contributed by atoms with Crippen molar-refractivity contribution in [2.45, 2.75) is 57.5 Å². The molecule has 1 saturated heterocycles. The van der Waals surface area contributed by atoms with Gasteiger partial charge in [0.1, 0.15) is 5.82 Å². The van der Waals surface area contributed by atoms with Crippen LogP contribution < -0.4 is 0 Å². The Morgan fingerprint density at radius 3 is 2.24 bits per heavy atom. The Bertz CT molecular complexity index is 1090. The van der Waals surface area contributed by atoms with Gasteiger partial charge in [0.2, 0.25) is 5.82 Å². The zero-order valence-electron chi connectivity index (χ0n) is 18.8. The summed E-state index contributed by atoms with van der Waals surface area (Å²) in [6.07, 6.45) is 6.87. The minimum atomic E-state index is -1.27. The molecule has 174 valence electrons. The Hall–Kier alpha value is -2.79. The zero-order chi connectivity index (χ0) is 23.4. The second-order valence-electron chi connectivity index (χ2n) is 8.80. The number of ether oxygens (including phenoxy) is 1. The second kappa shape index (κ2) is 10.4. The highest BCUT2D eigenvalue weighted by Crippen LogP contribution is 2.34. The fraction of sp³-hybridized carbons (Fsp3) is 0.357. The molecule has 1 N–H and O–H groups in total. The average Bonchev–Trinajstić information content (AvgIpc) is 2.83. The van der Waals surface area contributed by atoms with E-state index < -0.39 is 17.4 Å². The molecule has 0 aliphatic carbocycles. The van der Waals surface area contributed by atoms with Gasteiger partial charge < -0.3 is 9.84 Å². The topological polar surface area (TPSA) is 29.5 Å². The highest BCUT2D eigenvalue weighted by atomic mass is 19.2. The maximum atomic E-state index is 15.0. The first kappa shape index (κ1) is 23.4. The minimum absolute atomic E-state index is 0.0590. The van der Waals surface area contributed by atoms with Crippen LogP contribution in [-0.2, 0) is 4.74 Å². The Balaban J connectivity index is 1.45. The summed E-state index contributed by atoms with van der Waals surface area (Å²) in [5, 5.41) is 9.31. The lowest BCUT2D eigenvalue weighted by Crippen LogP contribution is -2.25. The third-order valence-corrected chi connectivity index (χ3v) is 6.53. The van der Waals surface area contributed by atoms with Crippen molar-refractivity contribution in [2.75, 3.05) is 6.61 Å². The fourth-order valence-corrected chi connectivity index (χ4v) is 4.54. The van der Waals surface area contributed by atoms with E-state index in [0.717, 1.165) is 30.9 Å². The van der Waals surface area contributed by atoms with Crippen molar-refractivity contribution in [1.82, 2.24) is 0 Å². The molecule has 0 radical (unpaired) electrons. The number of unbranched alkanes of at least 4 members (excludes halogenated alkanes) is 2. The van der Waals surface area contributed by atoms with Gasteiger partial charge in [-0.1, -0.05) is 62.6 Å². The van der Waals surface area contributed by atoms with E-state index in [2.05, 4.69) is 6.92 Å². The van der Waals surface area contributed by atoms with E-state index >= 15 is 0 Å². The molecule has 1 fully saturated rings. The van der Waals surface area contributed by atoms with Crippen molar-refractivity contribution in [3.63, 3.8) is 0 Å². The van der Waals surface area contributed by atoms with Crippen LogP contribution in [0.5, 0.6) is 5.75 Å². The van der Waals surface area contributed by atoms with E-state index in [0.29, 0.717) is 29.4 Å². The summed E-state index contributed by atoms with van der Waals surface area (Å²) in [6, 6.07) is 14.5. The van der Waals surface area contributed by atoms with Gasteiger partial charge in [-0.25, -0.2) is 8.78 Å². The van der Waals surface area contributed by atoms with Crippen molar-refractivity contribution < 1.29 is 23.0 Å². The van der Waals surface area contributed by atoms with Crippen LogP contribution in [0.1, 0.15) is 56.9 Å². The van der Waals surface area contributed by atoms with Crippen LogP contribution in [-0.4, -0.2) is 17.8 Å². The fourth-order valence-electron chi connectivity index (χ4n) is 4.54. The van der Waals surface area contributed by atoms with Crippen LogP contribution in [0.2, 0.25) is 0 Å². The molecular weight excluding hydrogens is 425 g/mol. The highest BCUT2D eigenvalue weighted by molar-refractivity contribution is 5.71. The van der Waals surface area contributed by atoms with Crippen LogP contribution in [0.15, 0.2) is 54.6 Å². The van der Waals surface area contributed by atoms with Crippen molar-refractivity contribution in [3.05, 3.63) is 77.6 Å². The molecule has 4 rings (SSSR count). The van der Waals surface area contributed by atoms with E-state index in [1.54, 1.807) is 24.3 Å². The number of hydrogen-bond donors (Lipinski definition) is 1. The lowest BCUT2D eigenvalue weighted by molar-refractivity contribution is -0.00267. The van der Waals surface area contributed by atoms with Gasteiger partial charge in [-0.05, 0) is 59.7 Å². The van der Waals surface area contributed by atoms with E-state index in [1.807, 2.05) is 12.1 Å². The van der Waals surface area contributed by atoms with Gasteiger partial charge in [0.25, 0.3) is 0 Å². The van der Waals surface area contributed by atoms with E-state index in [-0.39, 0.29) is 17.3 Å². The van der Waals surface area contributed by atoms with E-state index in [1.165, 1.54) is 31.4 Å². The third kappa shape index (κ3) is 5.25. The van der Waals surface area contributed by atoms with Crippen LogP contribution in [0.4, 0.5) is 13.2 Å². The average molecular weight is 455 g/mol. The molecule has 0 saturated carbocycles. The number of phenols is 1. The summed E-state index contributed by atoms with van der Waals surface area (Å²) >= 11 is 0. The lowest BCUT2D eigenvalue weighted by Gasteiger charge is -2.29. The molecule has 2 atom stereocenters. The molecule has 1 aliphatic heterocycles. The second-order valence-corrected chi connectivity index (χ2v) is 8.80. The highest BCUT2D eigenvalue weighted by Gasteiger charge is 2.25. The number of halogens is 3. The van der Waals surface area contributed by atoms with Gasteiger partial charge in [0.05, 0.1) is 12.7 Å². The Morgan fingerprint density at radius 2 is 1.58 bits per heavy atom. The number of aromatic hydroxyl groups is 1. The van der Waals surface area contributed by atoms with Gasteiger partial charge >= 0.3 is 0 Å². The largest absolute Gasteiger partial charge is 0.505 e. The number of phenolic OH excluding ortho intramolecular Hbond substituents is 1. The summed E-state index contributed by atoms with van der Waals surface area (Å²) in [5.41, 5.74) is 2.71. The summed E-state index contributed by atoms with van der Waals surface area (Å²) in [4.78, 5) is 0. The predicted molar refractivity (Wildman–Crippen MR) is 125 cm³/mol. The predicted octanol–water partition coefficient (Wildman–Crippen LogP) is 7.99. The summed E-state index contributed by atoms with van der Waals surface area (Å²) in [7, 11) is 0. The van der Waals surface area contributed by atoms with Gasteiger partial charge in [0.15, 0.2) is 11.6 Å². The molecule has 3 aromatic carbocycles. The number of benzene rings is 3. The first-order chi connectivity index (χ1) is 16.0. The maximum Gasteiger partial charge on any atom is 0.200 e. The zero-order valence-corrected chi connectivity index (χ0v) is 18.8. The Kier molecular flexibility index (Phi) is 7.39. The summed E-state index contributed by atoms with van der Waals surface area (Å²) in [5.74, 6) is -3.27. The molecule has 2 nitrogen and oxygen atoms in total. The maximum absolute atomic E-state index is 15.0. The molecular formula is C28H29F3O2. The molecule has 0 bridgehead atoms. The lowest BCUT2D eigenvalue weighted by atomic mass is 9.88. The van der Waals surface area contributed by atoms with Crippen molar-refractivity contribution in [1.29, 1.82) is 0 Å². The number of hydrogen-bond acceptors (Lipinski definition) is 2. The Morgan fingerprint density at radius 1 is 0.848 bits per heavy atom. The molecule has 5 heteroatoms. The van der Waals surface area contributed by atoms with Gasteiger partial charge in [-0.15, -0.1) is 0 Å². The molecule has 1 aliphatic rings. The van der Waals surface area contributed by atoms with Crippen LogP contribution in [0.3, 0.4) is 0 Å². The van der Waals surface area contributed by atoms with Crippen molar-refractivity contribution >= 4 is 0 Å². The van der Waals surface area contributed by atoms with Gasteiger partial charge in [0, 0.05) is 11.5 Å². The molecule has 1 heterocycles. The monoisotopic (exact) mass is 454 g/mol. The molecule has 3 aromatic rings. The smallest absolute Gasteiger partial charge is 0.200 e. The first-order valence-corrected chi connectivity index (χ1v) is 11.7. The summed E-state index contributed by atoms with van der Waals surface area (Å²) in [6.45, 7) is 2.74. The Labute approximate surface area is 193 Å². The quantitative estimate of drug-likeness (QED) is 0.367. The normalized spacial score (nSPS) is 18.4. The van der Waals surface area contributed by atoms with Crippen LogP contribution in [0, 0.1) is 17.5 Å². The van der Waals surface area contributed by atoms with E-state index in [9.17, 15) is 18.3 Å².